The van der Waals surface area contributed by atoms with Gasteiger partial charge in [0, 0.05) is 6.54 Å². The average Bonchev–Trinajstić information content (AvgIpc) is 1.80. The Morgan fingerprint density at radius 1 is 1.50 bits per heavy atom. The molecule has 0 aromatic heterocycles. The highest BCUT2D eigenvalue weighted by Gasteiger charge is 2.14. The lowest BCUT2D eigenvalue weighted by Crippen LogP contribution is -2.28. The van der Waals surface area contributed by atoms with Crippen molar-refractivity contribution in [1.82, 2.24) is 4.90 Å². The number of aliphatic carboxylic acids is 1. The molecule has 0 aromatic rings. The first-order valence-corrected chi connectivity index (χ1v) is 5.06. The highest BCUT2D eigenvalue weighted by Crippen LogP contribution is 2.33. The summed E-state index contributed by atoms with van der Waals surface area (Å²) < 4.78 is 10.3. The van der Waals surface area contributed by atoms with E-state index in [1.165, 1.54) is 11.9 Å². The zero-order chi connectivity index (χ0) is 9.78. The molecular formula is C5H12NO5P. The molecule has 0 aliphatic heterocycles. The summed E-state index contributed by atoms with van der Waals surface area (Å²) in [7, 11) is -2.51. The molecule has 6 nitrogen and oxygen atoms in total. The third-order valence-electron chi connectivity index (χ3n) is 1.18. The van der Waals surface area contributed by atoms with Crippen molar-refractivity contribution >= 4 is 13.6 Å². The second-order valence-corrected chi connectivity index (χ2v) is 4.30. The first-order chi connectivity index (χ1) is 5.31. The second-order valence-electron chi connectivity index (χ2n) is 2.52. The van der Waals surface area contributed by atoms with E-state index in [0.29, 0.717) is 0 Å². The van der Waals surface area contributed by atoms with E-state index < -0.39 is 13.6 Å². The zero-order valence-electron chi connectivity index (χ0n) is 6.67. The normalized spacial score (nSPS) is 12.0. The number of carbonyl (C=O) groups is 1. The number of rotatable bonds is 5. The van der Waals surface area contributed by atoms with Crippen LogP contribution in [-0.4, -0.2) is 52.1 Å². The summed E-state index contributed by atoms with van der Waals surface area (Å²) in [5, 5.41) is 8.28. The predicted molar refractivity (Wildman–Crippen MR) is 42.0 cm³/mol. The van der Waals surface area contributed by atoms with Gasteiger partial charge >= 0.3 is 13.6 Å². The minimum absolute atomic E-state index is 0.0799. The van der Waals surface area contributed by atoms with E-state index in [4.69, 9.17) is 14.9 Å². The monoisotopic (exact) mass is 197 g/mol. The molecule has 0 saturated heterocycles. The van der Waals surface area contributed by atoms with Gasteiger partial charge in [0.05, 0.1) is 12.7 Å². The van der Waals surface area contributed by atoms with Crippen LogP contribution in [0.15, 0.2) is 0 Å². The molecule has 0 atom stereocenters. The van der Waals surface area contributed by atoms with Crippen LogP contribution in [0.2, 0.25) is 0 Å². The topological polar surface area (TPSA) is 98.1 Å². The highest BCUT2D eigenvalue weighted by molar-refractivity contribution is 7.51. The molecular weight excluding hydrogens is 185 g/mol. The van der Waals surface area contributed by atoms with E-state index in [-0.39, 0.29) is 19.3 Å². The van der Waals surface area contributed by atoms with Crippen LogP contribution in [-0.2, 0) is 9.36 Å². The molecule has 0 rings (SSSR count). The maximum atomic E-state index is 10.3. The van der Waals surface area contributed by atoms with E-state index in [0.717, 1.165) is 0 Å². The van der Waals surface area contributed by atoms with Crippen LogP contribution in [0.3, 0.4) is 0 Å². The first-order valence-electron chi connectivity index (χ1n) is 3.26. The maximum Gasteiger partial charge on any atom is 0.326 e. The van der Waals surface area contributed by atoms with E-state index in [9.17, 15) is 9.36 Å². The smallest absolute Gasteiger partial charge is 0.326 e. The molecule has 0 aliphatic rings. The molecule has 0 heterocycles. The zero-order valence-corrected chi connectivity index (χ0v) is 7.57. The van der Waals surface area contributed by atoms with Crippen LogP contribution < -0.4 is 0 Å². The fourth-order valence-electron chi connectivity index (χ4n) is 0.611. The maximum absolute atomic E-state index is 10.3. The van der Waals surface area contributed by atoms with Gasteiger partial charge in [-0.15, -0.1) is 0 Å². The van der Waals surface area contributed by atoms with Gasteiger partial charge in [0.1, 0.15) is 0 Å². The van der Waals surface area contributed by atoms with Gasteiger partial charge in [0.25, 0.3) is 0 Å². The van der Waals surface area contributed by atoms with Crippen molar-refractivity contribution in [3.63, 3.8) is 0 Å². The van der Waals surface area contributed by atoms with Crippen molar-refractivity contribution in [3.8, 4) is 0 Å². The van der Waals surface area contributed by atoms with E-state index in [1.807, 2.05) is 0 Å². The second kappa shape index (κ2) is 4.57. The number of nitrogens with zero attached hydrogens (tertiary/aromatic N) is 1. The fraction of sp³-hybridized carbons (Fsp3) is 0.800. The Morgan fingerprint density at radius 3 is 2.33 bits per heavy atom. The Morgan fingerprint density at radius 2 is 2.00 bits per heavy atom. The molecule has 12 heavy (non-hydrogen) atoms. The lowest BCUT2D eigenvalue weighted by atomic mass is 10.5. The van der Waals surface area contributed by atoms with Gasteiger partial charge in [-0.05, 0) is 7.05 Å². The Balaban J connectivity index is 3.65. The third-order valence-corrected chi connectivity index (χ3v) is 1.96. The summed E-state index contributed by atoms with van der Waals surface area (Å²) in [4.78, 5) is 28.3. The molecule has 7 heteroatoms. The summed E-state index contributed by atoms with van der Waals surface area (Å²) in [6, 6.07) is 0. The Kier molecular flexibility index (Phi) is 4.41. The molecule has 0 unspecified atom stereocenters. The number of likely N-dealkylation sites (N-methyl/N-ethyl adjacent to an activating group) is 1. The van der Waals surface area contributed by atoms with E-state index >= 15 is 0 Å². The third kappa shape index (κ3) is 7.68. The van der Waals surface area contributed by atoms with E-state index in [2.05, 4.69) is 0 Å². The summed E-state index contributed by atoms with van der Waals surface area (Å²) >= 11 is 0. The van der Waals surface area contributed by atoms with Crippen molar-refractivity contribution in [1.29, 1.82) is 0 Å². The molecule has 0 aromatic carbocycles. The summed E-state index contributed by atoms with van der Waals surface area (Å²) in [6.45, 7) is -0.128. The van der Waals surface area contributed by atoms with Crippen molar-refractivity contribution in [2.75, 3.05) is 26.3 Å². The van der Waals surface area contributed by atoms with Gasteiger partial charge in [0.2, 0.25) is 0 Å². The van der Waals surface area contributed by atoms with E-state index in [1.54, 1.807) is 0 Å². The van der Waals surface area contributed by atoms with Gasteiger partial charge < -0.3 is 14.9 Å². The first kappa shape index (κ1) is 11.6. The Hall–Kier alpha value is -0.420. The van der Waals surface area contributed by atoms with Crippen molar-refractivity contribution in [2.24, 2.45) is 0 Å². The van der Waals surface area contributed by atoms with Crippen molar-refractivity contribution < 1.29 is 24.3 Å². The number of hydrogen-bond donors (Lipinski definition) is 3. The van der Waals surface area contributed by atoms with Gasteiger partial charge in [-0.25, -0.2) is 0 Å². The summed E-state index contributed by atoms with van der Waals surface area (Å²) in [5.74, 6) is -1.01. The van der Waals surface area contributed by atoms with Gasteiger partial charge in [0.15, 0.2) is 0 Å². The van der Waals surface area contributed by atoms with Gasteiger partial charge in [-0.2, -0.15) is 0 Å². The largest absolute Gasteiger partial charge is 0.480 e. The number of carboxylic acid groups (broad SMARTS) is 1. The standard InChI is InChI=1S/C5H12NO5P/c1-6(4-5(7)8)2-3-12(9,10)11/h2-4H2,1H3,(H,7,8)(H2,9,10,11). The van der Waals surface area contributed by atoms with Crippen LogP contribution in [0.4, 0.5) is 0 Å². The molecule has 0 amide bonds. The molecule has 0 radical (unpaired) electrons. The molecule has 72 valence electrons. The predicted octanol–water partition coefficient (Wildman–Crippen LogP) is -0.820. The van der Waals surface area contributed by atoms with Crippen LogP contribution in [0, 0.1) is 0 Å². The fourth-order valence-corrected chi connectivity index (χ4v) is 1.21. The minimum Gasteiger partial charge on any atom is -0.480 e. The lowest BCUT2D eigenvalue weighted by Gasteiger charge is -2.13. The summed E-state index contributed by atoms with van der Waals surface area (Å²) in [5.41, 5.74) is 0. The molecule has 3 N–H and O–H groups in total. The molecule has 0 bridgehead atoms. The van der Waals surface area contributed by atoms with Crippen LogP contribution in [0.5, 0.6) is 0 Å². The average molecular weight is 197 g/mol. The quantitative estimate of drug-likeness (QED) is 0.498. The molecule has 0 aliphatic carbocycles. The van der Waals surface area contributed by atoms with Crippen LogP contribution in [0.1, 0.15) is 0 Å². The minimum atomic E-state index is -4.00. The Labute approximate surface area is 70.0 Å². The van der Waals surface area contributed by atoms with Crippen molar-refractivity contribution in [3.05, 3.63) is 0 Å². The summed E-state index contributed by atoms with van der Waals surface area (Å²) in [6.07, 6.45) is -0.309. The van der Waals surface area contributed by atoms with Crippen molar-refractivity contribution in [2.45, 2.75) is 0 Å². The Bertz CT molecular complexity index is 200. The highest BCUT2D eigenvalue weighted by atomic mass is 31.2. The molecule has 0 spiro atoms. The molecule has 0 fully saturated rings. The number of carboxylic acids is 1. The van der Waals surface area contributed by atoms with Crippen LogP contribution in [0.25, 0.3) is 0 Å². The van der Waals surface area contributed by atoms with Gasteiger partial charge in [-0.3, -0.25) is 14.3 Å². The lowest BCUT2D eigenvalue weighted by molar-refractivity contribution is -0.137. The molecule has 0 saturated carbocycles. The van der Waals surface area contributed by atoms with Crippen LogP contribution >= 0.6 is 7.60 Å². The SMILES string of the molecule is CN(CCP(=O)(O)O)CC(=O)O. The number of hydrogen-bond acceptors (Lipinski definition) is 3. The van der Waals surface area contributed by atoms with Gasteiger partial charge in [-0.1, -0.05) is 0 Å².